The van der Waals surface area contributed by atoms with Crippen LogP contribution in [0.3, 0.4) is 0 Å². The topological polar surface area (TPSA) is 87.1 Å². The third-order valence-electron chi connectivity index (χ3n) is 3.26. The summed E-state index contributed by atoms with van der Waals surface area (Å²) in [5.41, 5.74) is -0.348. The van der Waals surface area contributed by atoms with Gasteiger partial charge in [-0.2, -0.15) is 0 Å². The zero-order valence-electron chi connectivity index (χ0n) is 9.64. The Morgan fingerprint density at radius 2 is 2.17 bits per heavy atom. The van der Waals surface area contributed by atoms with Gasteiger partial charge >= 0.3 is 5.69 Å². The smallest absolute Gasteiger partial charge is 0.330 e. The molecule has 0 saturated carbocycles. The molecule has 0 bridgehead atoms. The molecule has 0 amide bonds. The second-order valence-electron chi connectivity index (χ2n) is 4.45. The second-order valence-corrected chi connectivity index (χ2v) is 4.45. The molecular formula is C12H13N3O3. The maximum atomic E-state index is 12.3. The van der Waals surface area contributed by atoms with Gasteiger partial charge in [0.1, 0.15) is 5.75 Å². The lowest BCUT2D eigenvalue weighted by atomic mass is 10.2. The normalized spacial score (nSPS) is 19.4. The van der Waals surface area contributed by atoms with Crippen LogP contribution in [-0.2, 0) is 0 Å². The molecule has 0 aliphatic carbocycles. The lowest BCUT2D eigenvalue weighted by Gasteiger charge is -2.13. The minimum Gasteiger partial charge on any atom is -0.508 e. The molecule has 1 unspecified atom stereocenters. The zero-order chi connectivity index (χ0) is 12.7. The van der Waals surface area contributed by atoms with Crippen LogP contribution in [0, 0.1) is 0 Å². The number of rotatable bonds is 1. The van der Waals surface area contributed by atoms with Crippen molar-refractivity contribution in [3.05, 3.63) is 39.0 Å². The molecule has 2 heterocycles. The zero-order valence-corrected chi connectivity index (χ0v) is 9.64. The Bertz CT molecular complexity index is 711. The van der Waals surface area contributed by atoms with Crippen LogP contribution in [0.25, 0.3) is 10.9 Å². The molecule has 1 aromatic heterocycles. The molecule has 0 radical (unpaired) electrons. The van der Waals surface area contributed by atoms with E-state index in [0.29, 0.717) is 10.9 Å². The summed E-state index contributed by atoms with van der Waals surface area (Å²) in [5, 5.41) is 12.9. The van der Waals surface area contributed by atoms with E-state index in [-0.39, 0.29) is 17.5 Å². The molecule has 0 spiro atoms. The first kappa shape index (κ1) is 11.0. The van der Waals surface area contributed by atoms with Crippen molar-refractivity contribution in [3.8, 4) is 5.75 Å². The molecule has 18 heavy (non-hydrogen) atoms. The van der Waals surface area contributed by atoms with Crippen LogP contribution in [0.2, 0.25) is 0 Å². The number of aromatic nitrogens is 2. The first-order valence-corrected chi connectivity index (χ1v) is 5.88. The minimum absolute atomic E-state index is 0.0116. The minimum atomic E-state index is -0.419. The standard InChI is InChI=1S/C12H13N3O3/c16-7-3-4-9-8(6-7)11(17)15(12(18)14-9)10-2-1-5-13-10/h3-4,6,10,13,16H,1-2,5H2,(H,14,18). The molecule has 1 aromatic carbocycles. The largest absolute Gasteiger partial charge is 0.508 e. The Hall–Kier alpha value is -2.08. The molecule has 3 N–H and O–H groups in total. The van der Waals surface area contributed by atoms with Crippen molar-refractivity contribution in [1.29, 1.82) is 0 Å². The quantitative estimate of drug-likeness (QED) is 0.675. The van der Waals surface area contributed by atoms with Crippen LogP contribution >= 0.6 is 0 Å². The maximum absolute atomic E-state index is 12.3. The number of aromatic hydroxyl groups is 1. The Labute approximate surface area is 102 Å². The number of hydrogen-bond acceptors (Lipinski definition) is 4. The van der Waals surface area contributed by atoms with E-state index in [1.54, 1.807) is 0 Å². The van der Waals surface area contributed by atoms with Gasteiger partial charge < -0.3 is 10.1 Å². The highest BCUT2D eigenvalue weighted by Crippen LogP contribution is 2.16. The van der Waals surface area contributed by atoms with Gasteiger partial charge in [-0.1, -0.05) is 0 Å². The fraction of sp³-hybridized carbons (Fsp3) is 0.333. The number of hydrogen-bond donors (Lipinski definition) is 3. The van der Waals surface area contributed by atoms with Crippen LogP contribution in [-0.4, -0.2) is 21.2 Å². The van der Waals surface area contributed by atoms with E-state index < -0.39 is 5.69 Å². The van der Waals surface area contributed by atoms with Crippen molar-refractivity contribution in [2.45, 2.75) is 19.0 Å². The molecule has 1 saturated heterocycles. The Morgan fingerprint density at radius 3 is 2.89 bits per heavy atom. The molecule has 1 fully saturated rings. The summed E-state index contributed by atoms with van der Waals surface area (Å²) in [7, 11) is 0. The highest BCUT2D eigenvalue weighted by atomic mass is 16.3. The van der Waals surface area contributed by atoms with E-state index in [0.717, 1.165) is 19.4 Å². The summed E-state index contributed by atoms with van der Waals surface area (Å²) < 4.78 is 1.19. The summed E-state index contributed by atoms with van der Waals surface area (Å²) in [6.45, 7) is 0.800. The summed E-state index contributed by atoms with van der Waals surface area (Å²) in [4.78, 5) is 26.9. The van der Waals surface area contributed by atoms with Crippen molar-refractivity contribution in [2.75, 3.05) is 6.54 Å². The van der Waals surface area contributed by atoms with Crippen molar-refractivity contribution in [2.24, 2.45) is 0 Å². The molecule has 6 heteroatoms. The average Bonchev–Trinajstić information content (AvgIpc) is 2.84. The summed E-state index contributed by atoms with van der Waals surface area (Å²) in [5.74, 6) is 0.0116. The molecule has 6 nitrogen and oxygen atoms in total. The number of nitrogens with one attached hydrogen (secondary N) is 2. The monoisotopic (exact) mass is 247 g/mol. The Kier molecular flexibility index (Phi) is 2.45. The van der Waals surface area contributed by atoms with Crippen molar-refractivity contribution in [1.82, 2.24) is 14.9 Å². The SMILES string of the molecule is O=c1[nH]c2ccc(O)cc2c(=O)n1C1CCCN1. The predicted molar refractivity (Wildman–Crippen MR) is 66.8 cm³/mol. The van der Waals surface area contributed by atoms with E-state index in [1.807, 2.05) is 0 Å². The van der Waals surface area contributed by atoms with Crippen LogP contribution in [0.1, 0.15) is 19.0 Å². The van der Waals surface area contributed by atoms with Gasteiger partial charge in [0.25, 0.3) is 5.56 Å². The van der Waals surface area contributed by atoms with Crippen LogP contribution in [0.4, 0.5) is 0 Å². The van der Waals surface area contributed by atoms with Gasteiger partial charge in [0.2, 0.25) is 0 Å². The number of H-pyrrole nitrogens is 1. The van der Waals surface area contributed by atoms with Gasteiger partial charge in [-0.3, -0.25) is 10.1 Å². The van der Waals surface area contributed by atoms with Gasteiger partial charge in [0.05, 0.1) is 17.1 Å². The number of nitrogens with zero attached hydrogens (tertiary/aromatic N) is 1. The van der Waals surface area contributed by atoms with E-state index in [2.05, 4.69) is 10.3 Å². The Morgan fingerprint density at radius 1 is 1.33 bits per heavy atom. The highest BCUT2D eigenvalue weighted by Gasteiger charge is 2.20. The van der Waals surface area contributed by atoms with Crippen LogP contribution < -0.4 is 16.6 Å². The fourth-order valence-corrected chi connectivity index (χ4v) is 2.39. The van der Waals surface area contributed by atoms with Crippen molar-refractivity contribution >= 4 is 10.9 Å². The number of phenols is 1. The van der Waals surface area contributed by atoms with E-state index in [1.165, 1.54) is 22.8 Å². The van der Waals surface area contributed by atoms with E-state index in [4.69, 9.17) is 0 Å². The number of aromatic amines is 1. The van der Waals surface area contributed by atoms with Crippen molar-refractivity contribution in [3.63, 3.8) is 0 Å². The molecule has 2 aromatic rings. The molecule has 94 valence electrons. The van der Waals surface area contributed by atoms with E-state index in [9.17, 15) is 14.7 Å². The van der Waals surface area contributed by atoms with Crippen LogP contribution in [0.15, 0.2) is 27.8 Å². The first-order chi connectivity index (χ1) is 8.66. The number of phenolic OH excluding ortho intramolecular Hbond substituents is 1. The Balaban J connectivity index is 2.32. The number of benzene rings is 1. The molecule has 1 aliphatic rings. The van der Waals surface area contributed by atoms with Crippen molar-refractivity contribution < 1.29 is 5.11 Å². The highest BCUT2D eigenvalue weighted by molar-refractivity contribution is 5.78. The third-order valence-corrected chi connectivity index (χ3v) is 3.26. The lowest BCUT2D eigenvalue weighted by molar-refractivity contribution is 0.439. The fourth-order valence-electron chi connectivity index (χ4n) is 2.39. The lowest BCUT2D eigenvalue weighted by Crippen LogP contribution is -2.41. The molecule has 1 aliphatic heterocycles. The summed E-state index contributed by atoms with van der Waals surface area (Å²) in [6, 6.07) is 4.34. The van der Waals surface area contributed by atoms with Gasteiger partial charge in [0, 0.05) is 0 Å². The van der Waals surface area contributed by atoms with Gasteiger partial charge in [-0.15, -0.1) is 0 Å². The van der Waals surface area contributed by atoms with Gasteiger partial charge in [-0.25, -0.2) is 9.36 Å². The molecule has 3 rings (SSSR count). The molecule has 1 atom stereocenters. The predicted octanol–water partition coefficient (Wildman–Crippen LogP) is 0.277. The van der Waals surface area contributed by atoms with E-state index >= 15 is 0 Å². The number of fused-ring (bicyclic) bond motifs is 1. The third kappa shape index (κ3) is 1.62. The first-order valence-electron chi connectivity index (χ1n) is 5.88. The summed E-state index contributed by atoms with van der Waals surface area (Å²) >= 11 is 0. The second kappa shape index (κ2) is 3.99. The van der Waals surface area contributed by atoms with Gasteiger partial charge in [0.15, 0.2) is 0 Å². The molecular weight excluding hydrogens is 234 g/mol. The summed E-state index contributed by atoms with van der Waals surface area (Å²) in [6.07, 6.45) is 1.44. The van der Waals surface area contributed by atoms with Crippen LogP contribution in [0.5, 0.6) is 5.75 Å². The van der Waals surface area contributed by atoms with Gasteiger partial charge in [-0.05, 0) is 37.6 Å². The average molecular weight is 247 g/mol. The maximum Gasteiger partial charge on any atom is 0.330 e.